The van der Waals surface area contributed by atoms with Gasteiger partial charge in [-0.25, -0.2) is 4.98 Å². The Morgan fingerprint density at radius 3 is 2.61 bits per heavy atom. The van der Waals surface area contributed by atoms with Crippen LogP contribution in [0.25, 0.3) is 11.0 Å². The zero-order valence-corrected chi connectivity index (χ0v) is 18.4. The number of nitrogens with two attached hydrogens (primary N) is 1. The summed E-state index contributed by atoms with van der Waals surface area (Å²) in [4.78, 5) is 29.3. The highest BCUT2D eigenvalue weighted by Crippen LogP contribution is 2.31. The summed E-state index contributed by atoms with van der Waals surface area (Å²) in [6.07, 6.45) is 0.795. The molecule has 0 saturated carbocycles. The van der Waals surface area contributed by atoms with Crippen LogP contribution in [0.2, 0.25) is 0 Å². The summed E-state index contributed by atoms with van der Waals surface area (Å²) in [7, 11) is 1.87. The quantitative estimate of drug-likeness (QED) is 0.424. The highest BCUT2D eigenvalue weighted by Gasteiger charge is 2.21. The molecule has 0 aliphatic heterocycles. The predicted molar refractivity (Wildman–Crippen MR) is 119 cm³/mol. The Labute approximate surface area is 180 Å². The van der Waals surface area contributed by atoms with Gasteiger partial charge in [-0.15, -0.1) is 0 Å². The molecule has 10 heteroatoms. The first-order chi connectivity index (χ1) is 14.9. The molecule has 0 unspecified atom stereocenters. The molecule has 2 aromatic heterocycles. The summed E-state index contributed by atoms with van der Waals surface area (Å²) < 4.78 is 9.46. The van der Waals surface area contributed by atoms with Gasteiger partial charge in [0.1, 0.15) is 17.0 Å². The van der Waals surface area contributed by atoms with Gasteiger partial charge in [0, 0.05) is 18.7 Å². The molecule has 0 aliphatic carbocycles. The minimum Gasteiger partial charge on any atom is -0.491 e. The van der Waals surface area contributed by atoms with Crippen molar-refractivity contribution in [2.45, 2.75) is 40.3 Å². The number of benzene rings is 1. The van der Waals surface area contributed by atoms with Crippen molar-refractivity contribution in [2.75, 3.05) is 25.5 Å². The number of carbonyl (C=O) groups excluding carboxylic acids is 2. The first-order valence-electron chi connectivity index (χ1n) is 10.4. The average molecular weight is 428 g/mol. The summed E-state index contributed by atoms with van der Waals surface area (Å²) in [5, 5.41) is 10.3. The molecule has 10 nitrogen and oxygen atoms in total. The van der Waals surface area contributed by atoms with Gasteiger partial charge in [0.05, 0.1) is 17.8 Å². The van der Waals surface area contributed by atoms with Gasteiger partial charge < -0.3 is 20.4 Å². The van der Waals surface area contributed by atoms with Crippen LogP contribution in [0.3, 0.4) is 0 Å². The van der Waals surface area contributed by atoms with Crippen LogP contribution in [0.4, 0.5) is 5.95 Å². The van der Waals surface area contributed by atoms with E-state index in [2.05, 4.69) is 20.7 Å². The summed E-state index contributed by atoms with van der Waals surface area (Å²) in [5.74, 6) is -0.00241. The maximum absolute atomic E-state index is 12.9. The second-order valence-electron chi connectivity index (χ2n) is 7.13. The van der Waals surface area contributed by atoms with Gasteiger partial charge in [0.15, 0.2) is 0 Å². The molecule has 0 fully saturated rings. The van der Waals surface area contributed by atoms with Crippen LogP contribution in [-0.2, 0) is 13.1 Å². The number of nitrogens with zero attached hydrogens (tertiary/aromatic N) is 4. The predicted octanol–water partition coefficient (Wildman–Crippen LogP) is 1.92. The highest BCUT2D eigenvalue weighted by atomic mass is 16.5. The van der Waals surface area contributed by atoms with Gasteiger partial charge >= 0.3 is 0 Å². The van der Waals surface area contributed by atoms with Crippen LogP contribution < -0.4 is 21.1 Å². The van der Waals surface area contributed by atoms with Gasteiger partial charge in [-0.1, -0.05) is 0 Å². The number of fused-ring (bicyclic) bond motifs is 1. The van der Waals surface area contributed by atoms with Gasteiger partial charge in [-0.05, 0) is 59.0 Å². The molecular weight excluding hydrogens is 398 g/mol. The molecule has 166 valence electrons. The fourth-order valence-corrected chi connectivity index (χ4v) is 3.45. The number of ether oxygens (including phenoxy) is 1. The van der Waals surface area contributed by atoms with Crippen molar-refractivity contribution in [1.82, 2.24) is 24.6 Å². The molecule has 2 amide bonds. The smallest absolute Gasteiger partial charge is 0.276 e. The van der Waals surface area contributed by atoms with E-state index in [-0.39, 0.29) is 5.91 Å². The van der Waals surface area contributed by atoms with E-state index in [0.717, 1.165) is 18.7 Å². The Kier molecular flexibility index (Phi) is 6.91. The monoisotopic (exact) mass is 427 g/mol. The van der Waals surface area contributed by atoms with E-state index in [9.17, 15) is 9.59 Å². The zero-order valence-electron chi connectivity index (χ0n) is 18.4. The number of anilines is 1. The fourth-order valence-electron chi connectivity index (χ4n) is 3.45. The van der Waals surface area contributed by atoms with Gasteiger partial charge in [0.25, 0.3) is 5.91 Å². The molecule has 3 aromatic rings. The van der Waals surface area contributed by atoms with E-state index in [4.69, 9.17) is 10.5 Å². The summed E-state index contributed by atoms with van der Waals surface area (Å²) in [5.41, 5.74) is 8.24. The van der Waals surface area contributed by atoms with E-state index < -0.39 is 5.91 Å². The van der Waals surface area contributed by atoms with E-state index in [1.165, 1.54) is 0 Å². The third-order valence-electron chi connectivity index (χ3n) is 4.90. The molecule has 0 spiro atoms. The molecule has 0 aliphatic rings. The lowest BCUT2D eigenvalue weighted by atomic mass is 10.1. The Morgan fingerprint density at radius 2 is 1.97 bits per heavy atom. The Morgan fingerprint density at radius 1 is 1.19 bits per heavy atom. The summed E-state index contributed by atoms with van der Waals surface area (Å²) in [6.45, 7) is 8.10. The number of rotatable bonds is 10. The number of nitrogens with one attached hydrogen (secondary N) is 2. The van der Waals surface area contributed by atoms with Crippen LogP contribution in [0.15, 0.2) is 18.2 Å². The molecular formula is C21H29N7O3. The van der Waals surface area contributed by atoms with Crippen LogP contribution in [0.1, 0.15) is 46.8 Å². The highest BCUT2D eigenvalue weighted by molar-refractivity contribution is 6.04. The van der Waals surface area contributed by atoms with E-state index in [0.29, 0.717) is 53.7 Å². The minimum atomic E-state index is -0.569. The van der Waals surface area contributed by atoms with Crippen molar-refractivity contribution in [3.05, 3.63) is 35.2 Å². The minimum absolute atomic E-state index is 0.300. The first kappa shape index (κ1) is 22.3. The topological polar surface area (TPSA) is 129 Å². The third-order valence-corrected chi connectivity index (χ3v) is 4.90. The largest absolute Gasteiger partial charge is 0.491 e. The van der Waals surface area contributed by atoms with E-state index in [1.807, 2.05) is 32.4 Å². The van der Waals surface area contributed by atoms with Crippen molar-refractivity contribution in [1.29, 1.82) is 0 Å². The van der Waals surface area contributed by atoms with Crippen molar-refractivity contribution in [3.8, 4) is 5.75 Å². The number of aryl methyl sites for hydroxylation is 3. The van der Waals surface area contributed by atoms with Crippen molar-refractivity contribution in [3.63, 3.8) is 0 Å². The molecule has 1 aromatic carbocycles. The SMILES string of the molecule is CCn1nc(C)cc1C(=O)Nc1nc2cc(C(N)=O)cc(OCCCNC)c2n1CC. The van der Waals surface area contributed by atoms with Crippen molar-refractivity contribution < 1.29 is 14.3 Å². The molecule has 31 heavy (non-hydrogen) atoms. The molecule has 4 N–H and O–H groups in total. The van der Waals surface area contributed by atoms with Gasteiger partial charge in [-0.3, -0.25) is 19.6 Å². The van der Waals surface area contributed by atoms with Crippen LogP contribution >= 0.6 is 0 Å². The number of hydrogen-bond acceptors (Lipinski definition) is 6. The zero-order chi connectivity index (χ0) is 22.5. The number of carbonyl (C=O) groups is 2. The Balaban J connectivity index is 2.02. The Bertz CT molecular complexity index is 1100. The molecule has 0 saturated heterocycles. The van der Waals surface area contributed by atoms with Gasteiger partial charge in [-0.2, -0.15) is 5.10 Å². The second-order valence-corrected chi connectivity index (χ2v) is 7.13. The van der Waals surface area contributed by atoms with Crippen LogP contribution in [-0.4, -0.2) is 51.3 Å². The summed E-state index contributed by atoms with van der Waals surface area (Å²) in [6, 6.07) is 4.97. The second kappa shape index (κ2) is 9.61. The van der Waals surface area contributed by atoms with Crippen molar-refractivity contribution >= 4 is 28.8 Å². The van der Waals surface area contributed by atoms with Crippen LogP contribution in [0, 0.1) is 6.92 Å². The maximum Gasteiger partial charge on any atom is 0.276 e. The number of amides is 2. The lowest BCUT2D eigenvalue weighted by Gasteiger charge is -2.12. The standard InChI is InChI=1S/C21H29N7O3/c1-5-27-18-15(11-14(19(22)29)12-17(18)31-9-7-8-23-4)24-21(27)25-20(30)16-10-13(3)26-28(16)6-2/h10-12,23H,5-9H2,1-4H3,(H2,22,29)(H,24,25,30). The first-order valence-corrected chi connectivity index (χ1v) is 10.4. The molecule has 0 radical (unpaired) electrons. The Hall–Kier alpha value is -3.40. The van der Waals surface area contributed by atoms with E-state index in [1.54, 1.807) is 22.9 Å². The lowest BCUT2D eigenvalue weighted by molar-refractivity contribution is 0.0995. The molecule has 2 heterocycles. The van der Waals surface area contributed by atoms with Crippen LogP contribution in [0.5, 0.6) is 5.75 Å². The number of aromatic nitrogens is 4. The lowest BCUT2D eigenvalue weighted by Crippen LogP contribution is -2.19. The van der Waals surface area contributed by atoms with Crippen molar-refractivity contribution in [2.24, 2.45) is 5.73 Å². The third kappa shape index (κ3) is 4.69. The van der Waals surface area contributed by atoms with Gasteiger partial charge in [0.2, 0.25) is 11.9 Å². The normalized spacial score (nSPS) is 11.1. The fraction of sp³-hybridized carbons (Fsp3) is 0.429. The molecule has 3 rings (SSSR count). The number of hydrogen-bond donors (Lipinski definition) is 3. The van der Waals surface area contributed by atoms with E-state index >= 15 is 0 Å². The number of imidazole rings is 1. The maximum atomic E-state index is 12.9. The average Bonchev–Trinajstić information content (AvgIpc) is 3.30. The summed E-state index contributed by atoms with van der Waals surface area (Å²) >= 11 is 0. The molecule has 0 atom stereocenters. The number of primary amides is 1. The molecule has 0 bridgehead atoms.